The second-order valence-electron chi connectivity index (χ2n) is 10.3. The summed E-state index contributed by atoms with van der Waals surface area (Å²) < 4.78 is 16.8. The SMILES string of the molecule is CC(=O)OC1CCC(C)=CC2OC(=O)C(C)C2(O)C(O)C2C(C)(C=O)CC(OC(C)=O)C12C. The second kappa shape index (κ2) is 8.51. The number of ether oxygens (including phenoxy) is 3. The van der Waals surface area contributed by atoms with Gasteiger partial charge in [0.1, 0.15) is 24.1 Å². The minimum atomic E-state index is -2.04. The van der Waals surface area contributed by atoms with Crippen LogP contribution in [0.25, 0.3) is 0 Å². The van der Waals surface area contributed by atoms with Gasteiger partial charge in [0.2, 0.25) is 0 Å². The molecule has 9 unspecified atom stereocenters. The third-order valence-electron chi connectivity index (χ3n) is 8.05. The van der Waals surface area contributed by atoms with Crippen molar-refractivity contribution in [2.45, 2.75) is 90.8 Å². The molecule has 9 nitrogen and oxygen atoms in total. The number of hydrogen-bond donors (Lipinski definition) is 2. The van der Waals surface area contributed by atoms with Gasteiger partial charge in [-0.05, 0) is 39.2 Å². The highest BCUT2D eigenvalue weighted by Crippen LogP contribution is 2.61. The van der Waals surface area contributed by atoms with Crippen LogP contribution in [0.1, 0.15) is 60.8 Å². The zero-order chi connectivity index (χ0) is 24.9. The van der Waals surface area contributed by atoms with Crippen LogP contribution in [-0.2, 0) is 33.4 Å². The highest BCUT2D eigenvalue weighted by molar-refractivity contribution is 5.77. The van der Waals surface area contributed by atoms with Gasteiger partial charge in [0.25, 0.3) is 0 Å². The number of rotatable bonds is 3. The standard InChI is InChI=1S/C24H34O9/c1-12-7-8-16(31-14(3)26)23(6)18(32-15(4)27)10-22(5,11-25)19(23)20(28)24(30)13(2)21(29)33-17(24)9-12/h9,11,13,16-20,28,30H,7-8,10H2,1-6H3. The van der Waals surface area contributed by atoms with E-state index in [0.29, 0.717) is 19.1 Å². The quantitative estimate of drug-likeness (QED) is 0.274. The summed E-state index contributed by atoms with van der Waals surface area (Å²) in [7, 11) is 0. The van der Waals surface area contributed by atoms with Crippen LogP contribution < -0.4 is 0 Å². The summed E-state index contributed by atoms with van der Waals surface area (Å²) in [5.41, 5.74) is -3.77. The van der Waals surface area contributed by atoms with Crippen LogP contribution in [0.5, 0.6) is 0 Å². The van der Waals surface area contributed by atoms with E-state index >= 15 is 0 Å². The van der Waals surface area contributed by atoms with Gasteiger partial charge in [-0.25, -0.2) is 0 Å². The number of fused-ring (bicyclic) bond motifs is 2. The molecule has 1 saturated heterocycles. The normalized spacial score (nSPS) is 45.2. The van der Waals surface area contributed by atoms with Crippen molar-refractivity contribution in [1.29, 1.82) is 0 Å². The van der Waals surface area contributed by atoms with E-state index in [1.807, 2.05) is 0 Å². The Balaban J connectivity index is 2.29. The van der Waals surface area contributed by atoms with E-state index in [2.05, 4.69) is 0 Å². The molecule has 1 aliphatic heterocycles. The van der Waals surface area contributed by atoms with Crippen molar-refractivity contribution in [3.8, 4) is 0 Å². The van der Waals surface area contributed by atoms with Crippen molar-refractivity contribution in [3.63, 3.8) is 0 Å². The molecule has 2 aliphatic carbocycles. The van der Waals surface area contributed by atoms with Crippen LogP contribution >= 0.6 is 0 Å². The van der Waals surface area contributed by atoms with Crippen molar-refractivity contribution in [1.82, 2.24) is 0 Å². The fourth-order valence-corrected chi connectivity index (χ4v) is 6.27. The van der Waals surface area contributed by atoms with Crippen LogP contribution in [0.15, 0.2) is 11.6 Å². The molecule has 184 valence electrons. The molecule has 3 rings (SSSR count). The van der Waals surface area contributed by atoms with Crippen molar-refractivity contribution < 1.29 is 43.6 Å². The Morgan fingerprint density at radius 1 is 1.18 bits per heavy atom. The van der Waals surface area contributed by atoms with E-state index in [9.17, 15) is 29.4 Å². The molecule has 9 atom stereocenters. The molecule has 33 heavy (non-hydrogen) atoms. The maximum atomic E-state index is 12.5. The van der Waals surface area contributed by atoms with Crippen LogP contribution in [0.3, 0.4) is 0 Å². The van der Waals surface area contributed by atoms with E-state index in [1.54, 1.807) is 26.8 Å². The molecule has 2 N–H and O–H groups in total. The number of carbonyl (C=O) groups excluding carboxylic acids is 4. The first kappa shape index (κ1) is 25.4. The zero-order valence-electron chi connectivity index (χ0n) is 20.0. The molecule has 1 saturated carbocycles. The molecule has 0 radical (unpaired) electrons. The summed E-state index contributed by atoms with van der Waals surface area (Å²) in [6.45, 7) is 9.10. The average Bonchev–Trinajstić information content (AvgIpc) is 3.07. The zero-order valence-corrected chi connectivity index (χ0v) is 20.0. The molecule has 0 aromatic carbocycles. The fourth-order valence-electron chi connectivity index (χ4n) is 6.27. The van der Waals surface area contributed by atoms with E-state index in [-0.39, 0.29) is 6.42 Å². The number of aldehydes is 1. The smallest absolute Gasteiger partial charge is 0.312 e. The molecular formula is C24H34O9. The lowest BCUT2D eigenvalue weighted by atomic mass is 9.59. The Morgan fingerprint density at radius 2 is 1.76 bits per heavy atom. The highest BCUT2D eigenvalue weighted by Gasteiger charge is 2.71. The molecule has 2 fully saturated rings. The lowest BCUT2D eigenvalue weighted by Gasteiger charge is -2.49. The topological polar surface area (TPSA) is 136 Å². The van der Waals surface area contributed by atoms with Gasteiger partial charge in [0, 0.05) is 30.6 Å². The van der Waals surface area contributed by atoms with Gasteiger partial charge in [-0.2, -0.15) is 0 Å². The molecule has 0 amide bonds. The monoisotopic (exact) mass is 466 g/mol. The van der Waals surface area contributed by atoms with Crippen molar-refractivity contribution in [2.75, 3.05) is 0 Å². The number of aliphatic hydroxyl groups is 2. The van der Waals surface area contributed by atoms with Crippen molar-refractivity contribution >= 4 is 24.2 Å². The Kier molecular flexibility index (Phi) is 6.54. The first-order chi connectivity index (χ1) is 15.2. The van der Waals surface area contributed by atoms with E-state index in [4.69, 9.17) is 14.2 Å². The molecule has 0 aromatic heterocycles. The van der Waals surface area contributed by atoms with Crippen molar-refractivity contribution in [3.05, 3.63) is 11.6 Å². The van der Waals surface area contributed by atoms with Gasteiger partial charge >= 0.3 is 17.9 Å². The Hall–Kier alpha value is -2.26. The number of allylic oxidation sites excluding steroid dienone is 1. The molecule has 0 spiro atoms. The minimum absolute atomic E-state index is 0.0579. The third-order valence-corrected chi connectivity index (χ3v) is 8.05. The highest BCUT2D eigenvalue weighted by atomic mass is 16.6. The number of esters is 3. The van der Waals surface area contributed by atoms with Gasteiger partial charge in [-0.3, -0.25) is 14.4 Å². The van der Waals surface area contributed by atoms with Crippen LogP contribution in [0.4, 0.5) is 0 Å². The second-order valence-corrected chi connectivity index (χ2v) is 10.3. The summed E-state index contributed by atoms with van der Waals surface area (Å²) >= 11 is 0. The molecule has 3 aliphatic rings. The third kappa shape index (κ3) is 3.89. The van der Waals surface area contributed by atoms with Crippen LogP contribution in [0, 0.1) is 22.7 Å². The first-order valence-electron chi connectivity index (χ1n) is 11.3. The predicted octanol–water partition coefficient (Wildman–Crippen LogP) is 1.47. The predicted molar refractivity (Wildman–Crippen MR) is 114 cm³/mol. The van der Waals surface area contributed by atoms with Crippen LogP contribution in [-0.4, -0.2) is 64.4 Å². The van der Waals surface area contributed by atoms with Gasteiger partial charge < -0.3 is 29.2 Å². The van der Waals surface area contributed by atoms with Gasteiger partial charge in [-0.1, -0.05) is 19.4 Å². The maximum Gasteiger partial charge on any atom is 0.312 e. The Labute approximate surface area is 193 Å². The molecule has 0 aromatic rings. The summed E-state index contributed by atoms with van der Waals surface area (Å²) in [4.78, 5) is 49.0. The molecule has 9 heteroatoms. The van der Waals surface area contributed by atoms with Gasteiger partial charge in [0.15, 0.2) is 6.10 Å². The maximum absolute atomic E-state index is 12.5. The summed E-state index contributed by atoms with van der Waals surface area (Å²) in [6.07, 6.45) is -1.37. The minimum Gasteiger partial charge on any atom is -0.462 e. The van der Waals surface area contributed by atoms with Gasteiger partial charge in [-0.15, -0.1) is 0 Å². The first-order valence-corrected chi connectivity index (χ1v) is 11.3. The molecular weight excluding hydrogens is 432 g/mol. The Bertz CT molecular complexity index is 881. The number of carbonyl (C=O) groups is 4. The number of aliphatic hydroxyl groups excluding tert-OH is 1. The number of hydrogen-bond acceptors (Lipinski definition) is 9. The van der Waals surface area contributed by atoms with E-state index < -0.39 is 70.6 Å². The van der Waals surface area contributed by atoms with Crippen LogP contribution in [0.2, 0.25) is 0 Å². The molecule has 1 heterocycles. The van der Waals surface area contributed by atoms with E-state index in [0.717, 1.165) is 5.57 Å². The van der Waals surface area contributed by atoms with Crippen molar-refractivity contribution in [2.24, 2.45) is 22.7 Å². The summed E-state index contributed by atoms with van der Waals surface area (Å²) in [5, 5.41) is 23.6. The lowest BCUT2D eigenvalue weighted by Crippen LogP contribution is -2.63. The summed E-state index contributed by atoms with van der Waals surface area (Å²) in [5.74, 6) is -3.90. The largest absolute Gasteiger partial charge is 0.462 e. The fraction of sp³-hybridized carbons (Fsp3) is 0.750. The summed E-state index contributed by atoms with van der Waals surface area (Å²) in [6, 6.07) is 0. The molecule has 0 bridgehead atoms. The van der Waals surface area contributed by atoms with Gasteiger partial charge in [0.05, 0.1) is 12.0 Å². The average molecular weight is 467 g/mol. The lowest BCUT2D eigenvalue weighted by molar-refractivity contribution is -0.201. The van der Waals surface area contributed by atoms with E-state index in [1.165, 1.54) is 20.8 Å². The Morgan fingerprint density at radius 3 is 2.30 bits per heavy atom.